The van der Waals surface area contributed by atoms with Gasteiger partial charge in [0, 0.05) is 24.8 Å². The fourth-order valence-electron chi connectivity index (χ4n) is 4.65. The van der Waals surface area contributed by atoms with Crippen molar-refractivity contribution >= 4 is 17.7 Å². The lowest BCUT2D eigenvalue weighted by atomic mass is 9.89. The van der Waals surface area contributed by atoms with Gasteiger partial charge in [0.25, 0.3) is 0 Å². The van der Waals surface area contributed by atoms with Crippen molar-refractivity contribution < 1.29 is 19.4 Å². The van der Waals surface area contributed by atoms with E-state index < -0.39 is 11.6 Å². The van der Waals surface area contributed by atoms with Gasteiger partial charge in [0.15, 0.2) is 5.69 Å². The van der Waals surface area contributed by atoms with Crippen LogP contribution < -0.4 is 10.6 Å². The van der Waals surface area contributed by atoms with E-state index in [1.165, 1.54) is 32.0 Å². The number of carbonyl (C=O) groups excluding carboxylic acids is 1. The van der Waals surface area contributed by atoms with Crippen molar-refractivity contribution in [2.75, 3.05) is 11.9 Å². The highest BCUT2D eigenvalue weighted by Crippen LogP contribution is 2.50. The van der Waals surface area contributed by atoms with E-state index in [0.29, 0.717) is 30.0 Å². The van der Waals surface area contributed by atoms with Gasteiger partial charge < -0.3 is 25.0 Å². The molecule has 8 heteroatoms. The standard InChI is InChI=1S/C25H34N4O4/c1-25(2,3)33-24(32)28-19(20(15-5-6-15)16-7-8-16)13-26-18-11-9-17(10-12-18)22-21(23(30)31)27-14-29(22)4/h9-12,14-16,19-20,26H,5-8,13H2,1-4H3,(H,28,32)(H,30,31)/t19-/m1/s1. The maximum Gasteiger partial charge on any atom is 0.407 e. The lowest BCUT2D eigenvalue weighted by Gasteiger charge is -2.30. The lowest BCUT2D eigenvalue weighted by molar-refractivity contribution is 0.0480. The molecular formula is C25H34N4O4. The van der Waals surface area contributed by atoms with Crippen LogP contribution in [0.15, 0.2) is 30.6 Å². The molecule has 8 nitrogen and oxygen atoms in total. The molecule has 2 aromatic rings. The SMILES string of the molecule is Cn1cnc(C(=O)O)c1-c1ccc(NC[C@@H](NC(=O)OC(C)(C)C)C(C2CC2)C2CC2)cc1. The van der Waals surface area contributed by atoms with Crippen molar-refractivity contribution in [3.8, 4) is 11.3 Å². The number of aryl methyl sites for hydroxylation is 1. The molecule has 0 radical (unpaired) electrons. The molecular weight excluding hydrogens is 420 g/mol. The molecule has 1 aromatic carbocycles. The molecule has 178 valence electrons. The molecule has 1 amide bonds. The number of aromatic nitrogens is 2. The molecule has 0 spiro atoms. The summed E-state index contributed by atoms with van der Waals surface area (Å²) < 4.78 is 7.25. The number of hydrogen-bond donors (Lipinski definition) is 3. The molecule has 1 heterocycles. The second kappa shape index (κ2) is 9.08. The Kier molecular flexibility index (Phi) is 6.36. The molecule has 0 saturated heterocycles. The van der Waals surface area contributed by atoms with E-state index in [4.69, 9.17) is 4.74 Å². The third-order valence-electron chi connectivity index (χ3n) is 6.32. The lowest BCUT2D eigenvalue weighted by Crippen LogP contribution is -2.48. The fourth-order valence-corrected chi connectivity index (χ4v) is 4.65. The number of ether oxygens (including phenoxy) is 1. The highest BCUT2D eigenvalue weighted by atomic mass is 16.6. The molecule has 1 aromatic heterocycles. The van der Waals surface area contributed by atoms with E-state index >= 15 is 0 Å². The van der Waals surface area contributed by atoms with Gasteiger partial charge in [-0.25, -0.2) is 14.6 Å². The number of nitrogens with zero attached hydrogens (tertiary/aromatic N) is 2. The number of anilines is 1. The van der Waals surface area contributed by atoms with E-state index in [1.54, 1.807) is 11.6 Å². The topological polar surface area (TPSA) is 105 Å². The van der Waals surface area contributed by atoms with Crippen LogP contribution in [0.5, 0.6) is 0 Å². The van der Waals surface area contributed by atoms with E-state index in [1.807, 2.05) is 45.0 Å². The number of imidazole rings is 1. The van der Waals surface area contributed by atoms with Crippen LogP contribution in [-0.2, 0) is 11.8 Å². The van der Waals surface area contributed by atoms with Crippen LogP contribution in [0.2, 0.25) is 0 Å². The highest BCUT2D eigenvalue weighted by Gasteiger charge is 2.46. The summed E-state index contributed by atoms with van der Waals surface area (Å²) in [6.45, 7) is 6.23. The number of rotatable bonds is 9. The van der Waals surface area contributed by atoms with E-state index in [-0.39, 0.29) is 17.8 Å². The molecule has 33 heavy (non-hydrogen) atoms. The number of alkyl carbamates (subject to hydrolysis) is 1. The smallest absolute Gasteiger partial charge is 0.407 e. The van der Waals surface area contributed by atoms with Crippen molar-refractivity contribution in [2.24, 2.45) is 24.8 Å². The first-order chi connectivity index (χ1) is 15.6. The third kappa shape index (κ3) is 5.86. The van der Waals surface area contributed by atoms with E-state index in [9.17, 15) is 14.7 Å². The Morgan fingerprint density at radius 2 is 1.76 bits per heavy atom. The minimum absolute atomic E-state index is 0.00443. The van der Waals surface area contributed by atoms with Crippen molar-refractivity contribution in [1.82, 2.24) is 14.9 Å². The van der Waals surface area contributed by atoms with Crippen LogP contribution in [0.25, 0.3) is 11.3 Å². The van der Waals surface area contributed by atoms with Gasteiger partial charge in [-0.15, -0.1) is 0 Å². The molecule has 1 atom stereocenters. The molecule has 4 rings (SSSR count). The Morgan fingerprint density at radius 3 is 2.27 bits per heavy atom. The molecule has 0 aliphatic heterocycles. The Balaban J connectivity index is 1.45. The zero-order chi connectivity index (χ0) is 23.8. The molecule has 2 fully saturated rings. The second-order valence-corrected chi connectivity index (χ2v) is 10.3. The van der Waals surface area contributed by atoms with Gasteiger partial charge in [0.2, 0.25) is 0 Å². The van der Waals surface area contributed by atoms with Crippen molar-refractivity contribution in [2.45, 2.75) is 58.1 Å². The van der Waals surface area contributed by atoms with Crippen molar-refractivity contribution in [1.29, 1.82) is 0 Å². The highest BCUT2D eigenvalue weighted by molar-refractivity contribution is 5.93. The quantitative estimate of drug-likeness (QED) is 0.514. The Hall–Kier alpha value is -3.03. The van der Waals surface area contributed by atoms with Crippen LogP contribution in [0.4, 0.5) is 10.5 Å². The molecule has 2 aliphatic rings. The van der Waals surface area contributed by atoms with Crippen LogP contribution in [0.1, 0.15) is 56.9 Å². The molecule has 0 unspecified atom stereocenters. The molecule has 2 saturated carbocycles. The molecule has 0 bridgehead atoms. The Bertz CT molecular complexity index is 988. The zero-order valence-corrected chi connectivity index (χ0v) is 19.8. The first kappa shape index (κ1) is 23.1. The predicted molar refractivity (Wildman–Crippen MR) is 126 cm³/mol. The van der Waals surface area contributed by atoms with Crippen LogP contribution in [-0.4, -0.2) is 44.9 Å². The Morgan fingerprint density at radius 1 is 1.15 bits per heavy atom. The zero-order valence-electron chi connectivity index (χ0n) is 19.8. The van der Waals surface area contributed by atoms with Crippen LogP contribution in [0, 0.1) is 17.8 Å². The maximum atomic E-state index is 12.5. The summed E-state index contributed by atoms with van der Waals surface area (Å²) in [6.07, 6.45) is 6.08. The number of amides is 1. The van der Waals surface area contributed by atoms with Gasteiger partial charge in [-0.2, -0.15) is 0 Å². The monoisotopic (exact) mass is 454 g/mol. The summed E-state index contributed by atoms with van der Waals surface area (Å²) >= 11 is 0. The number of benzene rings is 1. The largest absolute Gasteiger partial charge is 0.476 e. The normalized spacial score (nSPS) is 17.0. The number of carboxylic acid groups (broad SMARTS) is 1. The fraction of sp³-hybridized carbons (Fsp3) is 0.560. The first-order valence-corrected chi connectivity index (χ1v) is 11.7. The van der Waals surface area contributed by atoms with Crippen molar-refractivity contribution in [3.63, 3.8) is 0 Å². The summed E-state index contributed by atoms with van der Waals surface area (Å²) in [5, 5.41) is 16.0. The number of nitrogens with one attached hydrogen (secondary N) is 2. The summed E-state index contributed by atoms with van der Waals surface area (Å²) in [7, 11) is 1.78. The van der Waals surface area contributed by atoms with E-state index in [2.05, 4.69) is 15.6 Å². The minimum Gasteiger partial charge on any atom is -0.476 e. The molecule has 3 N–H and O–H groups in total. The van der Waals surface area contributed by atoms with Gasteiger partial charge in [-0.1, -0.05) is 12.1 Å². The van der Waals surface area contributed by atoms with Crippen LogP contribution >= 0.6 is 0 Å². The van der Waals surface area contributed by atoms with Gasteiger partial charge >= 0.3 is 12.1 Å². The number of carboxylic acids is 1. The maximum absolute atomic E-state index is 12.5. The summed E-state index contributed by atoms with van der Waals surface area (Å²) in [5.74, 6) is 0.786. The Labute approximate surface area is 194 Å². The first-order valence-electron chi connectivity index (χ1n) is 11.7. The molecule has 2 aliphatic carbocycles. The van der Waals surface area contributed by atoms with E-state index in [0.717, 1.165) is 11.3 Å². The minimum atomic E-state index is -1.05. The van der Waals surface area contributed by atoms with Crippen LogP contribution in [0.3, 0.4) is 0 Å². The number of hydrogen-bond acceptors (Lipinski definition) is 5. The third-order valence-corrected chi connectivity index (χ3v) is 6.32. The van der Waals surface area contributed by atoms with Gasteiger partial charge in [-0.3, -0.25) is 0 Å². The van der Waals surface area contributed by atoms with Gasteiger partial charge in [0.05, 0.1) is 18.1 Å². The average molecular weight is 455 g/mol. The van der Waals surface area contributed by atoms with Crippen molar-refractivity contribution in [3.05, 3.63) is 36.3 Å². The average Bonchev–Trinajstić information content (AvgIpc) is 3.65. The number of aromatic carboxylic acids is 1. The van der Waals surface area contributed by atoms with Gasteiger partial charge in [-0.05, 0) is 76.3 Å². The summed E-state index contributed by atoms with van der Waals surface area (Å²) in [4.78, 5) is 28.0. The van der Waals surface area contributed by atoms with Gasteiger partial charge in [0.1, 0.15) is 5.60 Å². The second-order valence-electron chi connectivity index (χ2n) is 10.3. The summed E-state index contributed by atoms with van der Waals surface area (Å²) in [5.41, 5.74) is 1.78. The summed E-state index contributed by atoms with van der Waals surface area (Å²) in [6, 6.07) is 7.64. The number of carbonyl (C=O) groups is 2. The predicted octanol–water partition coefficient (Wildman–Crippen LogP) is 4.53.